The average Bonchev–Trinajstić information content (AvgIpc) is 0.811. The van der Waals surface area contributed by atoms with Gasteiger partial charge in [0.2, 0.25) is 0 Å². The molecule has 0 spiro atoms. The van der Waals surface area contributed by atoms with Crippen LogP contribution in [0.1, 0.15) is 0 Å². The summed E-state index contributed by atoms with van der Waals surface area (Å²) in [6.45, 7) is 0. The van der Waals surface area contributed by atoms with E-state index in [4.69, 9.17) is 15.0 Å². The topological polar surface area (TPSA) is 184 Å². The number of hydrogen-bond donors (Lipinski definition) is 2. The van der Waals surface area contributed by atoms with Crippen molar-refractivity contribution in [3.05, 3.63) is 0 Å². The third-order valence-electron chi connectivity index (χ3n) is 0. The molecule has 0 aliphatic rings. The quantitative estimate of drug-likeness (QED) is 0.475. The second-order valence-electron chi connectivity index (χ2n) is 0.283. The Balaban J connectivity index is -0.00000000450. The van der Waals surface area contributed by atoms with Gasteiger partial charge in [0.1, 0.15) is 0 Å². The molecule has 0 atom stereocenters. The predicted molar refractivity (Wildman–Crippen MR) is 25.1 cm³/mol. The van der Waals surface area contributed by atoms with Gasteiger partial charge in [0, 0.05) is 35.6 Å². The Morgan fingerprint density at radius 3 is 0.889 bits per heavy atom. The van der Waals surface area contributed by atoms with Gasteiger partial charge in [-0.2, -0.15) is 0 Å². The van der Waals surface area contributed by atoms with Crippen LogP contribution in [0.4, 0.5) is 4.79 Å². The molecular formula is CH10LaO7. The molecule has 0 rings (SSSR count). The normalized spacial score (nSPS) is 2.67. The first kappa shape index (κ1) is 58.8. The van der Waals surface area contributed by atoms with Crippen LogP contribution in [0.25, 0.3) is 0 Å². The molecule has 0 aromatic rings. The van der Waals surface area contributed by atoms with Crippen molar-refractivity contribution in [3.8, 4) is 0 Å². The van der Waals surface area contributed by atoms with E-state index in [9.17, 15) is 0 Å². The van der Waals surface area contributed by atoms with Crippen LogP contribution in [0, 0.1) is 35.6 Å². The fourth-order valence-electron chi connectivity index (χ4n) is 0. The van der Waals surface area contributed by atoms with Crippen LogP contribution in [0.5, 0.6) is 0 Å². The Hall–Kier alpha value is 0.305. The van der Waals surface area contributed by atoms with Crippen molar-refractivity contribution in [2.24, 2.45) is 0 Å². The molecule has 0 fully saturated rings. The van der Waals surface area contributed by atoms with Crippen LogP contribution in [0.3, 0.4) is 0 Å². The van der Waals surface area contributed by atoms with Gasteiger partial charge in [-0.05, 0) is 0 Å². The maximum atomic E-state index is 8.56. The summed E-state index contributed by atoms with van der Waals surface area (Å²) in [7, 11) is 0. The van der Waals surface area contributed by atoms with E-state index in [1.165, 1.54) is 0 Å². The Kier molecular flexibility index (Phi) is 265. The molecule has 0 saturated heterocycles. The average molecular weight is 273 g/mol. The van der Waals surface area contributed by atoms with Gasteiger partial charge in [-0.15, -0.1) is 0 Å². The van der Waals surface area contributed by atoms with E-state index in [2.05, 4.69) is 0 Å². The van der Waals surface area contributed by atoms with Crippen molar-refractivity contribution in [1.82, 2.24) is 0 Å². The fourth-order valence-corrected chi connectivity index (χ4v) is 0. The summed E-state index contributed by atoms with van der Waals surface area (Å²) in [6, 6.07) is 0. The van der Waals surface area contributed by atoms with Crippen LogP contribution in [-0.4, -0.2) is 38.3 Å². The zero-order valence-corrected chi connectivity index (χ0v) is 8.01. The predicted octanol–water partition coefficient (Wildman–Crippen LogP) is -3.08. The van der Waals surface area contributed by atoms with E-state index in [0.29, 0.717) is 0 Å². The number of carbonyl (C=O) groups is 1. The van der Waals surface area contributed by atoms with E-state index in [-0.39, 0.29) is 57.5 Å². The third kappa shape index (κ3) is 3550. The van der Waals surface area contributed by atoms with Crippen LogP contribution in [0.15, 0.2) is 0 Å². The smallest absolute Gasteiger partial charge is 0.450 e. The number of carboxylic acid groups (broad SMARTS) is 2. The van der Waals surface area contributed by atoms with Gasteiger partial charge in [0.25, 0.3) is 0 Å². The van der Waals surface area contributed by atoms with E-state index in [0.717, 1.165) is 0 Å². The summed E-state index contributed by atoms with van der Waals surface area (Å²) in [6.07, 6.45) is -1.83. The molecule has 10 N–H and O–H groups in total. The maximum Gasteiger partial charge on any atom is 0.503 e. The number of rotatable bonds is 0. The molecule has 0 heterocycles. The Morgan fingerprint density at radius 2 is 0.889 bits per heavy atom. The summed E-state index contributed by atoms with van der Waals surface area (Å²) < 4.78 is 0. The largest absolute Gasteiger partial charge is 0.503 e. The number of hydrogen-bond acceptors (Lipinski definition) is 1. The van der Waals surface area contributed by atoms with Crippen LogP contribution in [-0.2, 0) is 0 Å². The van der Waals surface area contributed by atoms with Crippen molar-refractivity contribution >= 4 is 6.16 Å². The van der Waals surface area contributed by atoms with Gasteiger partial charge in [0.15, 0.2) is 0 Å². The van der Waals surface area contributed by atoms with Crippen molar-refractivity contribution in [3.63, 3.8) is 0 Å². The van der Waals surface area contributed by atoms with Crippen molar-refractivity contribution in [2.75, 3.05) is 0 Å². The van der Waals surface area contributed by atoms with Crippen LogP contribution >= 0.6 is 0 Å². The Bertz CT molecular complexity index is 31.9. The van der Waals surface area contributed by atoms with Crippen molar-refractivity contribution in [2.45, 2.75) is 0 Å². The second-order valence-corrected chi connectivity index (χ2v) is 0.283. The molecule has 0 saturated carbocycles. The van der Waals surface area contributed by atoms with E-state index < -0.39 is 6.16 Å². The third-order valence-corrected chi connectivity index (χ3v) is 0. The molecular weight excluding hydrogens is 263 g/mol. The SMILES string of the molecule is O.O.O.O.O=C(O)O.[La]. The summed E-state index contributed by atoms with van der Waals surface area (Å²) in [5, 5.41) is 13.9. The van der Waals surface area contributed by atoms with Gasteiger partial charge in [-0.3, -0.25) is 0 Å². The second kappa shape index (κ2) is 40.6. The molecule has 9 heavy (non-hydrogen) atoms. The molecule has 0 aliphatic heterocycles. The summed E-state index contributed by atoms with van der Waals surface area (Å²) in [5.41, 5.74) is 0. The van der Waals surface area contributed by atoms with E-state index in [1.54, 1.807) is 0 Å². The van der Waals surface area contributed by atoms with Gasteiger partial charge < -0.3 is 32.1 Å². The van der Waals surface area contributed by atoms with E-state index in [1.807, 2.05) is 0 Å². The summed E-state index contributed by atoms with van der Waals surface area (Å²) >= 11 is 0. The molecule has 0 amide bonds. The summed E-state index contributed by atoms with van der Waals surface area (Å²) in [5.74, 6) is 0. The first-order valence-corrected chi connectivity index (χ1v) is 0.651. The van der Waals surface area contributed by atoms with Gasteiger partial charge in [-0.1, -0.05) is 0 Å². The molecule has 8 heteroatoms. The summed E-state index contributed by atoms with van der Waals surface area (Å²) in [4.78, 5) is 8.56. The molecule has 59 valence electrons. The Morgan fingerprint density at radius 1 is 0.889 bits per heavy atom. The van der Waals surface area contributed by atoms with Crippen molar-refractivity contribution < 1.29 is 72.5 Å². The molecule has 0 aromatic heterocycles. The van der Waals surface area contributed by atoms with Gasteiger partial charge in [-0.25, -0.2) is 4.79 Å². The minimum atomic E-state index is -1.83. The van der Waals surface area contributed by atoms with Crippen LogP contribution in [0.2, 0.25) is 0 Å². The maximum absolute atomic E-state index is 8.56. The molecule has 0 aliphatic carbocycles. The zero-order valence-electron chi connectivity index (χ0n) is 4.38. The molecule has 7 nitrogen and oxygen atoms in total. The first-order chi connectivity index (χ1) is 1.73. The molecule has 0 unspecified atom stereocenters. The fraction of sp³-hybridized carbons (Fsp3) is 0. The molecule has 1 radical (unpaired) electrons. The minimum absolute atomic E-state index is 0. The zero-order chi connectivity index (χ0) is 3.58. The molecule has 0 aromatic carbocycles. The van der Waals surface area contributed by atoms with Crippen LogP contribution < -0.4 is 0 Å². The first-order valence-electron chi connectivity index (χ1n) is 0.651. The van der Waals surface area contributed by atoms with Gasteiger partial charge >= 0.3 is 6.16 Å². The van der Waals surface area contributed by atoms with E-state index >= 15 is 0 Å². The minimum Gasteiger partial charge on any atom is -0.450 e. The standard InChI is InChI=1S/CH2O3.La.4H2O/c2-1(3)4;;;;;/h(H2,2,3,4);;4*1H2. The Labute approximate surface area is 78.5 Å². The molecule has 0 bridgehead atoms. The van der Waals surface area contributed by atoms with Crippen molar-refractivity contribution in [1.29, 1.82) is 0 Å². The van der Waals surface area contributed by atoms with Gasteiger partial charge in [0.05, 0.1) is 0 Å². The monoisotopic (exact) mass is 273 g/mol.